The van der Waals surface area contributed by atoms with Crippen LogP contribution in [-0.2, 0) is 21.3 Å². The lowest BCUT2D eigenvalue weighted by atomic mass is 10.0. The van der Waals surface area contributed by atoms with Gasteiger partial charge in [-0.15, -0.1) is 0 Å². The fraction of sp³-hybridized carbons (Fsp3) is 0.444. The summed E-state index contributed by atoms with van der Waals surface area (Å²) in [5, 5.41) is 6.59. The van der Waals surface area contributed by atoms with Gasteiger partial charge in [0.1, 0.15) is 5.25 Å². The molecule has 1 heterocycles. The van der Waals surface area contributed by atoms with Gasteiger partial charge in [0.05, 0.1) is 5.69 Å². The van der Waals surface area contributed by atoms with Crippen molar-refractivity contribution in [2.24, 2.45) is 0 Å². The van der Waals surface area contributed by atoms with E-state index < -0.39 is 16.0 Å². The van der Waals surface area contributed by atoms with Gasteiger partial charge in [0.2, 0.25) is 5.91 Å². The lowest BCUT2D eigenvalue weighted by Gasteiger charge is -2.26. The van der Waals surface area contributed by atoms with Crippen LogP contribution in [0.25, 0.3) is 5.69 Å². The van der Waals surface area contributed by atoms with E-state index in [0.717, 1.165) is 17.7 Å². The molecule has 0 aliphatic carbocycles. The molecule has 1 aromatic carbocycles. The Hall–Kier alpha value is -1.95. The molecule has 0 saturated carbocycles. The van der Waals surface area contributed by atoms with Crippen molar-refractivity contribution < 1.29 is 9.00 Å². The first kappa shape index (κ1) is 18.4. The number of nitrogens with one attached hydrogen (secondary N) is 1. The minimum Gasteiger partial charge on any atom is -0.350 e. The van der Waals surface area contributed by atoms with Crippen molar-refractivity contribution in [3.63, 3.8) is 0 Å². The number of benzene rings is 1. The normalized spacial score (nSPS) is 14.2. The van der Waals surface area contributed by atoms with Crippen LogP contribution >= 0.6 is 0 Å². The van der Waals surface area contributed by atoms with Crippen LogP contribution in [-0.4, -0.2) is 30.7 Å². The lowest BCUT2D eigenvalue weighted by Crippen LogP contribution is -2.47. The van der Waals surface area contributed by atoms with Crippen molar-refractivity contribution in [2.75, 3.05) is 0 Å². The molecule has 2 atom stereocenters. The van der Waals surface area contributed by atoms with Crippen LogP contribution in [0.2, 0.25) is 0 Å². The molecule has 1 aromatic heterocycles. The molecule has 1 N–H and O–H groups in total. The molecule has 24 heavy (non-hydrogen) atoms. The molecule has 0 spiro atoms. The predicted octanol–water partition coefficient (Wildman–Crippen LogP) is 2.81. The second kappa shape index (κ2) is 7.75. The maximum absolute atomic E-state index is 12.5. The van der Waals surface area contributed by atoms with Gasteiger partial charge in [-0.1, -0.05) is 19.1 Å². The summed E-state index contributed by atoms with van der Waals surface area (Å²) >= 11 is 0. The van der Waals surface area contributed by atoms with Crippen molar-refractivity contribution in [1.29, 1.82) is 0 Å². The Labute approximate surface area is 145 Å². The average molecular weight is 347 g/mol. The smallest absolute Gasteiger partial charge is 0.235 e. The third-order valence-electron chi connectivity index (χ3n) is 4.12. The van der Waals surface area contributed by atoms with Crippen molar-refractivity contribution in [3.8, 4) is 5.69 Å². The molecule has 0 radical (unpaired) electrons. The van der Waals surface area contributed by atoms with Gasteiger partial charge in [0.15, 0.2) is 0 Å². The van der Waals surface area contributed by atoms with Gasteiger partial charge >= 0.3 is 0 Å². The number of carbonyl (C=O) groups excluding carboxylic acids is 1. The summed E-state index contributed by atoms with van der Waals surface area (Å²) in [6, 6.07) is 9.58. The minimum absolute atomic E-state index is 0.159. The molecule has 0 bridgehead atoms. The zero-order chi connectivity index (χ0) is 17.7. The molecule has 0 aliphatic heterocycles. The molecule has 5 nitrogen and oxygen atoms in total. The molecule has 130 valence electrons. The Bertz CT molecular complexity index is 694. The number of nitrogens with zero attached hydrogens (tertiary/aromatic N) is 2. The first-order chi connectivity index (χ1) is 11.3. The largest absolute Gasteiger partial charge is 0.350 e. The molecule has 2 aromatic rings. The van der Waals surface area contributed by atoms with Crippen LogP contribution in [0, 0.1) is 0 Å². The summed E-state index contributed by atoms with van der Waals surface area (Å²) in [4.78, 5) is 12.2. The SMILES string of the molecule is CCC(C)(C)NC(=O)[C@@H](C)[S@](=O)Cc1ccc(-n2cccn2)cc1. The van der Waals surface area contributed by atoms with Crippen LogP contribution in [0.5, 0.6) is 0 Å². The molecule has 6 heteroatoms. The zero-order valence-corrected chi connectivity index (χ0v) is 15.5. The van der Waals surface area contributed by atoms with E-state index in [2.05, 4.69) is 10.4 Å². The third kappa shape index (κ3) is 4.77. The Morgan fingerprint density at radius 3 is 2.54 bits per heavy atom. The standard InChI is InChI=1S/C18H25N3O2S/c1-5-18(3,4)20-17(22)14(2)24(23)13-15-7-9-16(10-8-15)21-12-6-11-19-21/h6-12,14H,5,13H2,1-4H3,(H,20,22)/t14-,24-/m1/s1. The van der Waals surface area contributed by atoms with E-state index >= 15 is 0 Å². The summed E-state index contributed by atoms with van der Waals surface area (Å²) in [5.41, 5.74) is 1.62. The second-order valence-electron chi connectivity index (χ2n) is 6.51. The van der Waals surface area contributed by atoms with Crippen molar-refractivity contribution in [1.82, 2.24) is 15.1 Å². The van der Waals surface area contributed by atoms with Crippen LogP contribution in [0.15, 0.2) is 42.7 Å². The van der Waals surface area contributed by atoms with Crippen LogP contribution in [0.4, 0.5) is 0 Å². The van der Waals surface area contributed by atoms with Crippen molar-refractivity contribution in [3.05, 3.63) is 48.3 Å². The van der Waals surface area contributed by atoms with Gasteiger partial charge in [-0.3, -0.25) is 9.00 Å². The first-order valence-corrected chi connectivity index (χ1v) is 9.49. The van der Waals surface area contributed by atoms with Gasteiger partial charge < -0.3 is 5.32 Å². The molecule has 0 aliphatic rings. The highest BCUT2D eigenvalue weighted by atomic mass is 32.2. The molecule has 0 fully saturated rings. The number of hydrogen-bond acceptors (Lipinski definition) is 3. The minimum atomic E-state index is -1.26. The lowest BCUT2D eigenvalue weighted by molar-refractivity contribution is -0.121. The number of hydrogen-bond donors (Lipinski definition) is 1. The van der Waals surface area contributed by atoms with Crippen LogP contribution in [0.1, 0.15) is 39.7 Å². The highest BCUT2D eigenvalue weighted by molar-refractivity contribution is 7.85. The topological polar surface area (TPSA) is 64.0 Å². The van der Waals surface area contributed by atoms with E-state index in [1.165, 1.54) is 0 Å². The van der Waals surface area contributed by atoms with Gasteiger partial charge in [-0.05, 0) is 51.0 Å². The fourth-order valence-electron chi connectivity index (χ4n) is 2.10. The average Bonchev–Trinajstić information content (AvgIpc) is 3.08. The zero-order valence-electron chi connectivity index (χ0n) is 14.7. The van der Waals surface area contributed by atoms with Gasteiger partial charge in [-0.2, -0.15) is 5.10 Å². The highest BCUT2D eigenvalue weighted by Gasteiger charge is 2.25. The third-order valence-corrected chi connectivity index (χ3v) is 5.74. The molecular weight excluding hydrogens is 322 g/mol. The summed E-state index contributed by atoms with van der Waals surface area (Å²) in [6.07, 6.45) is 4.42. The van der Waals surface area contributed by atoms with E-state index in [9.17, 15) is 9.00 Å². The predicted molar refractivity (Wildman–Crippen MR) is 97.4 cm³/mol. The van der Waals surface area contributed by atoms with E-state index in [4.69, 9.17) is 0 Å². The summed E-state index contributed by atoms with van der Waals surface area (Å²) in [5.74, 6) is 0.203. The fourth-order valence-corrected chi connectivity index (χ4v) is 3.17. The Kier molecular flexibility index (Phi) is 5.94. The Balaban J connectivity index is 1.97. The van der Waals surface area contributed by atoms with Gasteiger partial charge in [-0.25, -0.2) is 4.68 Å². The number of aromatic nitrogens is 2. The van der Waals surface area contributed by atoms with E-state index in [-0.39, 0.29) is 11.4 Å². The first-order valence-electron chi connectivity index (χ1n) is 8.10. The Morgan fingerprint density at radius 1 is 1.33 bits per heavy atom. The molecule has 0 unspecified atom stereocenters. The molecule has 1 amide bonds. The number of rotatable bonds is 7. The summed E-state index contributed by atoms with van der Waals surface area (Å²) in [6.45, 7) is 7.67. The number of amides is 1. The molecule has 2 rings (SSSR count). The van der Waals surface area contributed by atoms with E-state index in [1.807, 2.05) is 57.3 Å². The monoisotopic (exact) mass is 347 g/mol. The quantitative estimate of drug-likeness (QED) is 0.838. The van der Waals surface area contributed by atoms with Crippen LogP contribution < -0.4 is 5.32 Å². The van der Waals surface area contributed by atoms with Crippen molar-refractivity contribution in [2.45, 2.75) is 50.7 Å². The highest BCUT2D eigenvalue weighted by Crippen LogP contribution is 2.13. The number of carbonyl (C=O) groups is 1. The van der Waals surface area contributed by atoms with Gasteiger partial charge in [0.25, 0.3) is 0 Å². The maximum atomic E-state index is 12.5. The summed E-state index contributed by atoms with van der Waals surface area (Å²) in [7, 11) is -1.26. The molecular formula is C18H25N3O2S. The van der Waals surface area contributed by atoms with E-state index in [0.29, 0.717) is 5.75 Å². The van der Waals surface area contributed by atoms with Crippen LogP contribution in [0.3, 0.4) is 0 Å². The van der Waals surface area contributed by atoms with E-state index in [1.54, 1.807) is 17.8 Å². The molecule has 0 saturated heterocycles. The van der Waals surface area contributed by atoms with Crippen molar-refractivity contribution >= 4 is 16.7 Å². The Morgan fingerprint density at radius 2 is 2.00 bits per heavy atom. The maximum Gasteiger partial charge on any atom is 0.235 e. The second-order valence-corrected chi connectivity index (χ2v) is 8.27. The summed E-state index contributed by atoms with van der Waals surface area (Å²) < 4.78 is 14.2. The van der Waals surface area contributed by atoms with Gasteiger partial charge in [0, 0.05) is 34.5 Å².